The van der Waals surface area contributed by atoms with E-state index in [1.807, 2.05) is 13.8 Å². The molecule has 1 fully saturated rings. The topological polar surface area (TPSA) is 52.6 Å². The van der Waals surface area contributed by atoms with Crippen molar-refractivity contribution in [2.24, 2.45) is 5.92 Å². The maximum absolute atomic E-state index is 12.0. The van der Waals surface area contributed by atoms with E-state index in [0.29, 0.717) is 26.1 Å². The lowest BCUT2D eigenvalue weighted by Gasteiger charge is -2.23. The summed E-state index contributed by atoms with van der Waals surface area (Å²) in [6.07, 6.45) is 2.14. The monoisotopic (exact) mass is 228 g/mol. The van der Waals surface area contributed by atoms with Crippen molar-refractivity contribution in [2.75, 3.05) is 13.2 Å². The second kappa shape index (κ2) is 6.76. The molecule has 0 aromatic carbocycles. The number of carbonyl (C=O) groups excluding carboxylic acids is 2. The third-order valence-electron chi connectivity index (χ3n) is 2.77. The largest absolute Gasteiger partial charge is 0.346 e. The number of rotatable bonds is 6. The minimum Gasteiger partial charge on any atom is -0.346 e. The van der Waals surface area contributed by atoms with E-state index in [0.717, 1.165) is 12.8 Å². The van der Waals surface area contributed by atoms with Crippen molar-refractivity contribution in [3.8, 4) is 0 Å². The van der Waals surface area contributed by atoms with Crippen LogP contribution in [0.25, 0.3) is 0 Å². The Kier molecular flexibility index (Phi) is 5.63. The molecule has 1 saturated carbocycles. The van der Waals surface area contributed by atoms with E-state index in [1.165, 1.54) is 0 Å². The normalized spacial score (nSPS) is 21.4. The summed E-state index contributed by atoms with van der Waals surface area (Å²) in [7, 11) is 0. The molecular formula is C12H20O4. The predicted octanol–water partition coefficient (Wildman–Crippen LogP) is 1.71. The van der Waals surface area contributed by atoms with Gasteiger partial charge in [0.1, 0.15) is 5.78 Å². The first kappa shape index (κ1) is 13.3. The van der Waals surface area contributed by atoms with E-state index in [9.17, 15) is 9.59 Å². The molecule has 1 atom stereocenters. The average Bonchev–Trinajstić information content (AvgIpc) is 2.28. The highest BCUT2D eigenvalue weighted by atomic mass is 16.7. The van der Waals surface area contributed by atoms with Crippen LogP contribution in [0.1, 0.15) is 39.5 Å². The van der Waals surface area contributed by atoms with Crippen molar-refractivity contribution >= 4 is 11.6 Å². The van der Waals surface area contributed by atoms with Gasteiger partial charge in [-0.25, -0.2) is 0 Å². The van der Waals surface area contributed by atoms with Gasteiger partial charge in [0, 0.05) is 19.6 Å². The average molecular weight is 228 g/mol. The van der Waals surface area contributed by atoms with Gasteiger partial charge in [-0.3, -0.25) is 9.59 Å². The van der Waals surface area contributed by atoms with Crippen LogP contribution in [0.4, 0.5) is 0 Å². The summed E-state index contributed by atoms with van der Waals surface area (Å²) in [4.78, 5) is 23.6. The van der Waals surface area contributed by atoms with Crippen molar-refractivity contribution in [2.45, 2.75) is 45.8 Å². The van der Waals surface area contributed by atoms with Gasteiger partial charge in [0.05, 0.1) is 5.92 Å². The van der Waals surface area contributed by atoms with Gasteiger partial charge >= 0.3 is 0 Å². The molecule has 0 aliphatic heterocycles. The highest BCUT2D eigenvalue weighted by molar-refractivity contribution is 6.04. The molecule has 0 bridgehead atoms. The minimum absolute atomic E-state index is 0.0423. The first-order valence-electron chi connectivity index (χ1n) is 6.00. The Labute approximate surface area is 96.3 Å². The summed E-state index contributed by atoms with van der Waals surface area (Å²) in [6.45, 7) is 4.44. The Bertz CT molecular complexity index is 243. The van der Waals surface area contributed by atoms with Gasteiger partial charge < -0.3 is 9.47 Å². The van der Waals surface area contributed by atoms with Crippen LogP contribution >= 0.6 is 0 Å². The minimum atomic E-state index is -0.859. The van der Waals surface area contributed by atoms with Crippen molar-refractivity contribution in [3.63, 3.8) is 0 Å². The molecule has 0 aromatic heterocycles. The molecule has 0 heterocycles. The van der Waals surface area contributed by atoms with Gasteiger partial charge in [-0.2, -0.15) is 0 Å². The van der Waals surface area contributed by atoms with E-state index < -0.39 is 12.2 Å². The van der Waals surface area contributed by atoms with Crippen LogP contribution in [0.3, 0.4) is 0 Å². The second-order valence-corrected chi connectivity index (χ2v) is 3.91. The molecule has 0 spiro atoms. The Balaban J connectivity index is 2.60. The number of hydrogen-bond acceptors (Lipinski definition) is 4. The lowest BCUT2D eigenvalue weighted by atomic mass is 9.85. The molecule has 0 radical (unpaired) electrons. The molecule has 0 aromatic rings. The molecule has 16 heavy (non-hydrogen) atoms. The van der Waals surface area contributed by atoms with Gasteiger partial charge in [-0.1, -0.05) is 6.42 Å². The summed E-state index contributed by atoms with van der Waals surface area (Å²) in [6, 6.07) is 0. The lowest BCUT2D eigenvalue weighted by molar-refractivity contribution is -0.173. The van der Waals surface area contributed by atoms with E-state index in [4.69, 9.17) is 9.47 Å². The van der Waals surface area contributed by atoms with Gasteiger partial charge in [0.2, 0.25) is 6.29 Å². The quantitative estimate of drug-likeness (QED) is 0.513. The summed E-state index contributed by atoms with van der Waals surface area (Å²) >= 11 is 0. The van der Waals surface area contributed by atoms with Gasteiger partial charge in [0.15, 0.2) is 5.78 Å². The Morgan fingerprint density at radius 3 is 2.44 bits per heavy atom. The zero-order valence-corrected chi connectivity index (χ0v) is 10.0. The first-order valence-corrected chi connectivity index (χ1v) is 6.00. The molecule has 0 N–H and O–H groups in total. The predicted molar refractivity (Wildman–Crippen MR) is 59.0 cm³/mol. The first-order chi connectivity index (χ1) is 7.70. The highest BCUT2D eigenvalue weighted by Crippen LogP contribution is 2.23. The van der Waals surface area contributed by atoms with E-state index in [2.05, 4.69) is 0 Å². The van der Waals surface area contributed by atoms with Crippen molar-refractivity contribution in [1.82, 2.24) is 0 Å². The third-order valence-corrected chi connectivity index (χ3v) is 2.77. The van der Waals surface area contributed by atoms with Gasteiger partial charge in [0.25, 0.3) is 0 Å². The maximum atomic E-state index is 12.0. The molecule has 1 rings (SSSR count). The zero-order valence-electron chi connectivity index (χ0n) is 10.0. The fraction of sp³-hybridized carbons (Fsp3) is 0.833. The Morgan fingerprint density at radius 2 is 1.94 bits per heavy atom. The van der Waals surface area contributed by atoms with E-state index in [-0.39, 0.29) is 11.6 Å². The van der Waals surface area contributed by atoms with Crippen LogP contribution in [0.15, 0.2) is 0 Å². The summed E-state index contributed by atoms with van der Waals surface area (Å²) < 4.78 is 10.4. The van der Waals surface area contributed by atoms with Crippen molar-refractivity contribution in [3.05, 3.63) is 0 Å². The molecule has 1 aliphatic rings. The standard InChI is InChI=1S/C12H20O4/c1-3-15-12(16-4-2)11(14)9-7-5-6-8-10(9)13/h9,12H,3-8H2,1-2H3. The Morgan fingerprint density at radius 1 is 1.31 bits per heavy atom. The number of Topliss-reactive ketones (excluding diaryl/α,β-unsaturated/α-hetero) is 2. The number of ether oxygens (including phenoxy) is 2. The molecular weight excluding hydrogens is 208 g/mol. The summed E-state index contributed by atoms with van der Waals surface area (Å²) in [5, 5.41) is 0. The molecule has 4 nitrogen and oxygen atoms in total. The number of hydrogen-bond donors (Lipinski definition) is 0. The van der Waals surface area contributed by atoms with Crippen LogP contribution in [-0.4, -0.2) is 31.1 Å². The van der Waals surface area contributed by atoms with Crippen molar-refractivity contribution < 1.29 is 19.1 Å². The fourth-order valence-corrected chi connectivity index (χ4v) is 1.96. The SMILES string of the molecule is CCOC(OCC)C(=O)C1CCCCC1=O. The van der Waals surface area contributed by atoms with E-state index in [1.54, 1.807) is 0 Å². The van der Waals surface area contributed by atoms with Crippen LogP contribution < -0.4 is 0 Å². The molecule has 1 aliphatic carbocycles. The van der Waals surface area contributed by atoms with Crippen LogP contribution in [-0.2, 0) is 19.1 Å². The van der Waals surface area contributed by atoms with Crippen LogP contribution in [0, 0.1) is 5.92 Å². The smallest absolute Gasteiger partial charge is 0.218 e. The fourth-order valence-electron chi connectivity index (χ4n) is 1.96. The molecule has 0 saturated heterocycles. The zero-order chi connectivity index (χ0) is 12.0. The molecule has 1 unspecified atom stereocenters. The summed E-state index contributed by atoms with van der Waals surface area (Å²) in [5.74, 6) is -0.661. The van der Waals surface area contributed by atoms with Crippen LogP contribution in [0.2, 0.25) is 0 Å². The molecule has 92 valence electrons. The van der Waals surface area contributed by atoms with Crippen LogP contribution in [0.5, 0.6) is 0 Å². The number of carbonyl (C=O) groups is 2. The summed E-state index contributed by atoms with van der Waals surface area (Å²) in [5.41, 5.74) is 0. The van der Waals surface area contributed by atoms with Crippen molar-refractivity contribution in [1.29, 1.82) is 0 Å². The molecule has 4 heteroatoms. The second-order valence-electron chi connectivity index (χ2n) is 3.91. The molecule has 0 amide bonds. The number of ketones is 2. The third kappa shape index (κ3) is 3.39. The van der Waals surface area contributed by atoms with Gasteiger partial charge in [-0.05, 0) is 26.7 Å². The maximum Gasteiger partial charge on any atom is 0.218 e. The Hall–Kier alpha value is -0.740. The highest BCUT2D eigenvalue weighted by Gasteiger charge is 2.34. The van der Waals surface area contributed by atoms with Gasteiger partial charge in [-0.15, -0.1) is 0 Å². The van der Waals surface area contributed by atoms with E-state index >= 15 is 0 Å². The lowest BCUT2D eigenvalue weighted by Crippen LogP contribution is -2.38.